The molecule has 224 valence electrons. The Bertz CT molecular complexity index is 1600. The van der Waals surface area contributed by atoms with Crippen LogP contribution in [-0.4, -0.2) is 76.7 Å². The van der Waals surface area contributed by atoms with E-state index in [2.05, 4.69) is 54.8 Å². The lowest BCUT2D eigenvalue weighted by molar-refractivity contribution is -0.113. The predicted molar refractivity (Wildman–Crippen MR) is 164 cm³/mol. The summed E-state index contributed by atoms with van der Waals surface area (Å²) in [5.74, 6) is 1.03. The number of nitrogens with zero attached hydrogens (tertiary/aromatic N) is 5. The van der Waals surface area contributed by atoms with Gasteiger partial charge in [-0.15, -0.1) is 0 Å². The number of aromatic nitrogens is 3. The SMILES string of the molecule is CC1=C(c2cc3c(NC(=O)C4=CC=C(N5CCN(C)CC5)C(CNC5CCC(C#N)C5)C4)n[nH]c3cn2)C(F)=CC2CC12. The van der Waals surface area contributed by atoms with E-state index in [9.17, 15) is 14.4 Å². The predicted octanol–water partition coefficient (Wildman–Crippen LogP) is 4.53. The van der Waals surface area contributed by atoms with E-state index in [-0.39, 0.29) is 23.6 Å². The number of hydrogen-bond acceptors (Lipinski definition) is 7. The normalized spacial score (nSPS) is 29.1. The van der Waals surface area contributed by atoms with Crippen LogP contribution in [0.1, 0.15) is 44.7 Å². The van der Waals surface area contributed by atoms with Gasteiger partial charge in [0.05, 0.1) is 23.5 Å². The maximum Gasteiger partial charge on any atom is 0.252 e. The number of allylic oxidation sites excluding steroid dienone is 6. The summed E-state index contributed by atoms with van der Waals surface area (Å²) in [4.78, 5) is 23.0. The summed E-state index contributed by atoms with van der Waals surface area (Å²) in [6, 6.07) is 4.59. The maximum absolute atomic E-state index is 15.0. The number of pyridine rings is 1. The molecule has 1 amide bonds. The summed E-state index contributed by atoms with van der Waals surface area (Å²) in [5, 5.41) is 24.1. The fourth-order valence-corrected chi connectivity index (χ4v) is 7.33. The van der Waals surface area contributed by atoms with Crippen molar-refractivity contribution in [2.75, 3.05) is 45.1 Å². The number of nitrogens with one attached hydrogen (secondary N) is 3. The van der Waals surface area contributed by atoms with Gasteiger partial charge >= 0.3 is 0 Å². The highest BCUT2D eigenvalue weighted by molar-refractivity contribution is 6.08. The Labute approximate surface area is 251 Å². The van der Waals surface area contributed by atoms with E-state index in [0.717, 1.165) is 64.0 Å². The van der Waals surface area contributed by atoms with Gasteiger partial charge in [0.25, 0.3) is 5.91 Å². The number of piperazine rings is 1. The smallest absolute Gasteiger partial charge is 0.252 e. The molecule has 2 aromatic heterocycles. The molecule has 0 aromatic carbocycles. The molecule has 43 heavy (non-hydrogen) atoms. The zero-order valence-corrected chi connectivity index (χ0v) is 24.9. The van der Waals surface area contributed by atoms with Gasteiger partial charge < -0.3 is 20.4 Å². The number of halogens is 1. The Morgan fingerprint density at radius 1 is 1.21 bits per heavy atom. The van der Waals surface area contributed by atoms with E-state index in [0.29, 0.717) is 57.9 Å². The summed E-state index contributed by atoms with van der Waals surface area (Å²) in [6.45, 7) is 6.73. The Hall–Kier alpha value is -3.81. The van der Waals surface area contributed by atoms with E-state index >= 15 is 0 Å². The van der Waals surface area contributed by atoms with Crippen LogP contribution < -0.4 is 10.6 Å². The highest BCUT2D eigenvalue weighted by Gasteiger charge is 2.42. The van der Waals surface area contributed by atoms with Gasteiger partial charge in [0.2, 0.25) is 0 Å². The van der Waals surface area contributed by atoms with Crippen molar-refractivity contribution < 1.29 is 9.18 Å². The molecule has 5 aliphatic rings. The molecule has 0 spiro atoms. The molecule has 0 bridgehead atoms. The van der Waals surface area contributed by atoms with Gasteiger partial charge in [0.15, 0.2) is 5.82 Å². The quantitative estimate of drug-likeness (QED) is 0.440. The minimum Gasteiger partial charge on any atom is -0.372 e. The van der Waals surface area contributed by atoms with Crippen molar-refractivity contribution in [3.8, 4) is 6.07 Å². The third kappa shape index (κ3) is 5.52. The molecule has 1 saturated heterocycles. The second-order valence-corrected chi connectivity index (χ2v) is 12.9. The highest BCUT2D eigenvalue weighted by atomic mass is 19.1. The van der Waals surface area contributed by atoms with Crippen LogP contribution in [0.25, 0.3) is 16.5 Å². The second-order valence-electron chi connectivity index (χ2n) is 12.9. The molecule has 10 heteroatoms. The van der Waals surface area contributed by atoms with Crippen LogP contribution in [0, 0.1) is 35.0 Å². The standard InChI is InChI=1S/C33H39FN8O/c1-19-25-13-22(25)14-27(34)31(19)28-15-26-29(18-37-28)39-40-32(26)38-33(43)21-4-6-30(42-9-7-41(2)8-10-42)23(12-21)17-36-24-5-3-20(11-24)16-35/h4,6,14-15,18,20,22-25,36H,3,5,7-13,17H2,1-2H3,(H2,38,39,40,43). The second kappa shape index (κ2) is 11.4. The number of likely N-dealkylation sites (N-methyl/N-ethyl adjacent to an activating group) is 1. The summed E-state index contributed by atoms with van der Waals surface area (Å²) < 4.78 is 15.0. The number of carbonyl (C=O) groups excluding carboxylic acids is 1. The van der Waals surface area contributed by atoms with Crippen molar-refractivity contribution in [3.05, 3.63) is 58.9 Å². The average Bonchev–Trinajstić information content (AvgIpc) is 3.46. The van der Waals surface area contributed by atoms with Crippen molar-refractivity contribution in [2.45, 2.75) is 45.1 Å². The van der Waals surface area contributed by atoms with Crippen molar-refractivity contribution in [1.82, 2.24) is 30.3 Å². The third-order valence-corrected chi connectivity index (χ3v) is 10.1. The zero-order valence-electron chi connectivity index (χ0n) is 24.9. The van der Waals surface area contributed by atoms with Crippen LogP contribution >= 0.6 is 0 Å². The number of H-pyrrole nitrogens is 1. The minimum atomic E-state index is -0.215. The van der Waals surface area contributed by atoms with Gasteiger partial charge in [-0.1, -0.05) is 11.6 Å². The molecule has 4 aliphatic carbocycles. The van der Waals surface area contributed by atoms with Gasteiger partial charge in [-0.25, -0.2) is 4.39 Å². The van der Waals surface area contributed by atoms with Crippen molar-refractivity contribution in [1.29, 1.82) is 5.26 Å². The number of rotatable bonds is 7. The van der Waals surface area contributed by atoms with Crippen LogP contribution in [0.4, 0.5) is 10.2 Å². The topological polar surface area (TPSA) is 113 Å². The molecule has 1 aliphatic heterocycles. The Morgan fingerprint density at radius 2 is 2.05 bits per heavy atom. The fraction of sp³-hybridized carbons (Fsp3) is 0.515. The fourth-order valence-electron chi connectivity index (χ4n) is 7.33. The van der Waals surface area contributed by atoms with Crippen LogP contribution in [0.15, 0.2) is 53.2 Å². The minimum absolute atomic E-state index is 0.133. The summed E-state index contributed by atoms with van der Waals surface area (Å²) >= 11 is 0. The molecular formula is C33H39FN8O. The van der Waals surface area contributed by atoms with E-state index in [4.69, 9.17) is 0 Å². The number of aromatic amines is 1. The Kier molecular flexibility index (Phi) is 7.39. The molecule has 7 rings (SSSR count). The first kappa shape index (κ1) is 28.0. The van der Waals surface area contributed by atoms with E-state index in [1.54, 1.807) is 12.3 Å². The van der Waals surface area contributed by atoms with E-state index in [1.165, 1.54) is 5.70 Å². The average molecular weight is 583 g/mol. The lowest BCUT2D eigenvalue weighted by Crippen LogP contribution is -2.46. The summed E-state index contributed by atoms with van der Waals surface area (Å²) in [6.07, 6.45) is 11.9. The first-order chi connectivity index (χ1) is 20.9. The summed E-state index contributed by atoms with van der Waals surface area (Å²) in [7, 11) is 2.15. The maximum atomic E-state index is 15.0. The molecule has 2 saturated carbocycles. The van der Waals surface area contributed by atoms with E-state index in [1.807, 2.05) is 19.1 Å². The van der Waals surface area contributed by atoms with Gasteiger partial charge in [-0.2, -0.15) is 10.4 Å². The Morgan fingerprint density at radius 3 is 2.84 bits per heavy atom. The number of anilines is 1. The molecule has 9 nitrogen and oxygen atoms in total. The summed E-state index contributed by atoms with van der Waals surface area (Å²) in [5.41, 5.74) is 4.84. The van der Waals surface area contributed by atoms with Crippen molar-refractivity contribution >= 4 is 28.2 Å². The number of nitriles is 1. The molecular weight excluding hydrogens is 543 g/mol. The van der Waals surface area contributed by atoms with Crippen LogP contribution in [0.3, 0.4) is 0 Å². The van der Waals surface area contributed by atoms with E-state index < -0.39 is 0 Å². The molecule has 2 aromatic rings. The van der Waals surface area contributed by atoms with Crippen molar-refractivity contribution in [2.24, 2.45) is 23.7 Å². The van der Waals surface area contributed by atoms with Crippen LogP contribution in [0.5, 0.6) is 0 Å². The van der Waals surface area contributed by atoms with Gasteiger partial charge in [-0.3, -0.25) is 14.9 Å². The third-order valence-electron chi connectivity index (χ3n) is 10.1. The largest absolute Gasteiger partial charge is 0.372 e. The number of amides is 1. The Balaban J connectivity index is 1.10. The molecule has 5 atom stereocenters. The van der Waals surface area contributed by atoms with Gasteiger partial charge in [0, 0.05) is 72.8 Å². The number of carbonyl (C=O) groups is 1. The molecule has 3 heterocycles. The molecule has 3 N–H and O–H groups in total. The number of fused-ring (bicyclic) bond motifs is 2. The van der Waals surface area contributed by atoms with Crippen LogP contribution in [-0.2, 0) is 4.79 Å². The highest BCUT2D eigenvalue weighted by Crippen LogP contribution is 2.53. The lowest BCUT2D eigenvalue weighted by atomic mass is 9.89. The first-order valence-electron chi connectivity index (χ1n) is 15.6. The zero-order chi connectivity index (χ0) is 29.7. The molecule has 5 unspecified atom stereocenters. The lowest BCUT2D eigenvalue weighted by Gasteiger charge is -2.40. The molecule has 0 radical (unpaired) electrons. The number of hydrogen-bond donors (Lipinski definition) is 3. The van der Waals surface area contributed by atoms with Crippen LogP contribution in [0.2, 0.25) is 0 Å². The monoisotopic (exact) mass is 582 g/mol. The first-order valence-corrected chi connectivity index (χ1v) is 15.6. The van der Waals surface area contributed by atoms with Gasteiger partial charge in [-0.05, 0) is 76.1 Å². The molecule has 3 fully saturated rings. The van der Waals surface area contributed by atoms with Gasteiger partial charge in [0.1, 0.15) is 5.83 Å². The van der Waals surface area contributed by atoms with Crippen molar-refractivity contribution in [3.63, 3.8) is 0 Å².